The summed E-state index contributed by atoms with van der Waals surface area (Å²) in [4.78, 5) is 10.8. The van der Waals surface area contributed by atoms with E-state index in [1.807, 2.05) is 47.4 Å². The molecule has 0 atom stereocenters. The van der Waals surface area contributed by atoms with Crippen LogP contribution in [0.1, 0.15) is 5.56 Å². The second kappa shape index (κ2) is 6.32. The van der Waals surface area contributed by atoms with Gasteiger partial charge in [0.1, 0.15) is 12.1 Å². The molecule has 0 bridgehead atoms. The maximum absolute atomic E-state index is 10.5. The summed E-state index contributed by atoms with van der Waals surface area (Å²) >= 11 is 0. The van der Waals surface area contributed by atoms with Gasteiger partial charge < -0.3 is 19.2 Å². The summed E-state index contributed by atoms with van der Waals surface area (Å²) < 4.78 is 11.7. The number of anilines is 1. The summed E-state index contributed by atoms with van der Waals surface area (Å²) in [7, 11) is 0. The average molecular weight is 359 g/mol. The van der Waals surface area contributed by atoms with Crippen LogP contribution in [0.4, 0.5) is 6.01 Å². The van der Waals surface area contributed by atoms with Gasteiger partial charge in [-0.1, -0.05) is 18.2 Å². The Morgan fingerprint density at radius 1 is 1.04 bits per heavy atom. The monoisotopic (exact) mass is 359 g/mol. The van der Waals surface area contributed by atoms with Gasteiger partial charge >= 0.3 is 0 Å². The predicted octanol–water partition coefficient (Wildman–Crippen LogP) is 3.99. The van der Waals surface area contributed by atoms with E-state index in [9.17, 15) is 5.11 Å². The van der Waals surface area contributed by atoms with Crippen molar-refractivity contribution in [2.75, 3.05) is 18.1 Å². The highest BCUT2D eigenvalue weighted by Crippen LogP contribution is 2.38. The Balaban J connectivity index is 1.55. The lowest BCUT2D eigenvalue weighted by Crippen LogP contribution is -2.25. The van der Waals surface area contributed by atoms with Crippen molar-refractivity contribution in [1.82, 2.24) is 9.97 Å². The summed E-state index contributed by atoms with van der Waals surface area (Å²) in [5, 5.41) is 10.5. The Hall–Kier alpha value is -3.54. The normalized spacial score (nSPS) is 13.9. The number of hydrogen-bond acceptors (Lipinski definition) is 6. The zero-order valence-corrected chi connectivity index (χ0v) is 14.5. The number of para-hydroxylation sites is 2. The molecule has 0 amide bonds. The lowest BCUT2D eigenvalue weighted by Gasteiger charge is -2.17. The molecule has 2 aromatic heterocycles. The molecule has 134 valence electrons. The molecule has 0 aliphatic carbocycles. The highest BCUT2D eigenvalue weighted by molar-refractivity contribution is 5.74. The van der Waals surface area contributed by atoms with Crippen LogP contribution in [0.25, 0.3) is 22.2 Å². The smallest absolute Gasteiger partial charge is 0.298 e. The number of oxazole rings is 1. The number of aromatic nitrogens is 2. The fourth-order valence-electron chi connectivity index (χ4n) is 3.36. The van der Waals surface area contributed by atoms with Crippen LogP contribution >= 0.6 is 0 Å². The van der Waals surface area contributed by atoms with Gasteiger partial charge in [-0.3, -0.25) is 4.98 Å². The van der Waals surface area contributed by atoms with E-state index in [1.165, 1.54) is 0 Å². The van der Waals surface area contributed by atoms with E-state index >= 15 is 0 Å². The van der Waals surface area contributed by atoms with Crippen LogP contribution in [-0.4, -0.2) is 28.2 Å². The largest absolute Gasteiger partial charge is 0.504 e. The van der Waals surface area contributed by atoms with Gasteiger partial charge in [0.25, 0.3) is 6.01 Å². The molecule has 1 aliphatic rings. The molecule has 1 aliphatic heterocycles. The summed E-state index contributed by atoms with van der Waals surface area (Å²) in [6.07, 6.45) is 3.50. The zero-order chi connectivity index (χ0) is 18.2. The highest BCUT2D eigenvalue weighted by Gasteiger charge is 2.23. The van der Waals surface area contributed by atoms with E-state index < -0.39 is 0 Å². The van der Waals surface area contributed by atoms with Gasteiger partial charge in [0.05, 0.1) is 13.1 Å². The van der Waals surface area contributed by atoms with Crippen molar-refractivity contribution in [2.24, 2.45) is 0 Å². The molecule has 6 heteroatoms. The van der Waals surface area contributed by atoms with Crippen molar-refractivity contribution in [3.05, 3.63) is 66.5 Å². The number of nitrogens with zero attached hydrogens (tertiary/aromatic N) is 3. The Morgan fingerprint density at radius 2 is 1.96 bits per heavy atom. The van der Waals surface area contributed by atoms with E-state index in [-0.39, 0.29) is 5.75 Å². The van der Waals surface area contributed by atoms with Gasteiger partial charge in [0.2, 0.25) is 0 Å². The van der Waals surface area contributed by atoms with Crippen molar-refractivity contribution >= 4 is 17.1 Å². The maximum Gasteiger partial charge on any atom is 0.298 e. The van der Waals surface area contributed by atoms with Crippen LogP contribution in [0.15, 0.2) is 65.3 Å². The first-order valence-corrected chi connectivity index (χ1v) is 8.77. The fourth-order valence-corrected chi connectivity index (χ4v) is 3.36. The third-order valence-corrected chi connectivity index (χ3v) is 4.66. The number of pyridine rings is 1. The molecule has 1 N–H and O–H groups in total. The molecule has 0 fully saturated rings. The van der Waals surface area contributed by atoms with Crippen molar-refractivity contribution in [3.63, 3.8) is 0 Å². The second-order valence-electron chi connectivity index (χ2n) is 6.46. The van der Waals surface area contributed by atoms with Crippen molar-refractivity contribution in [1.29, 1.82) is 0 Å². The zero-order valence-electron chi connectivity index (χ0n) is 14.5. The maximum atomic E-state index is 10.5. The molecular formula is C21H17N3O3. The highest BCUT2D eigenvalue weighted by atomic mass is 16.5. The molecule has 0 radical (unpaired) electrons. The van der Waals surface area contributed by atoms with E-state index in [0.717, 1.165) is 27.8 Å². The van der Waals surface area contributed by atoms with Crippen LogP contribution in [0, 0.1) is 0 Å². The van der Waals surface area contributed by atoms with E-state index in [1.54, 1.807) is 18.5 Å². The molecular weight excluding hydrogens is 342 g/mol. The summed E-state index contributed by atoms with van der Waals surface area (Å²) in [5.41, 5.74) is 4.29. The van der Waals surface area contributed by atoms with Gasteiger partial charge in [-0.15, -0.1) is 0 Å². The Bertz CT molecular complexity index is 1080. The Labute approximate surface area is 155 Å². The first-order chi connectivity index (χ1) is 13.3. The number of phenols is 1. The summed E-state index contributed by atoms with van der Waals surface area (Å²) in [5.74, 6) is 0.645. The number of hydrogen-bond donors (Lipinski definition) is 1. The number of fused-ring (bicyclic) bond motifs is 2. The lowest BCUT2D eigenvalue weighted by atomic mass is 10.0. The molecule has 3 heterocycles. The molecule has 6 nitrogen and oxygen atoms in total. The minimum atomic E-state index is 0.130. The van der Waals surface area contributed by atoms with Gasteiger partial charge in [-0.2, -0.15) is 4.98 Å². The first kappa shape index (κ1) is 15.7. The molecule has 27 heavy (non-hydrogen) atoms. The number of phenolic OH excluding ortho intramolecular Hbond substituents is 1. The molecule has 4 aromatic rings. The number of ether oxygens (including phenoxy) is 1. The van der Waals surface area contributed by atoms with Crippen LogP contribution in [-0.2, 0) is 6.54 Å². The molecule has 0 spiro atoms. The van der Waals surface area contributed by atoms with Crippen molar-refractivity contribution < 1.29 is 14.3 Å². The Morgan fingerprint density at radius 3 is 2.81 bits per heavy atom. The quantitative estimate of drug-likeness (QED) is 0.583. The van der Waals surface area contributed by atoms with E-state index in [0.29, 0.717) is 31.5 Å². The van der Waals surface area contributed by atoms with Gasteiger partial charge in [0, 0.05) is 23.5 Å². The van der Waals surface area contributed by atoms with Gasteiger partial charge in [-0.05, 0) is 35.9 Å². The van der Waals surface area contributed by atoms with E-state index in [4.69, 9.17) is 9.15 Å². The van der Waals surface area contributed by atoms with E-state index in [2.05, 4.69) is 9.97 Å². The van der Waals surface area contributed by atoms with Gasteiger partial charge in [-0.25, -0.2) is 0 Å². The van der Waals surface area contributed by atoms with Gasteiger partial charge in [0.15, 0.2) is 17.1 Å². The topological polar surface area (TPSA) is 71.6 Å². The Kier molecular flexibility index (Phi) is 3.67. The first-order valence-electron chi connectivity index (χ1n) is 8.77. The van der Waals surface area contributed by atoms with Crippen molar-refractivity contribution in [3.8, 4) is 22.6 Å². The van der Waals surface area contributed by atoms with Crippen LogP contribution in [0.3, 0.4) is 0 Å². The van der Waals surface area contributed by atoms with Crippen LogP contribution < -0.4 is 9.64 Å². The lowest BCUT2D eigenvalue weighted by molar-refractivity contribution is 0.310. The molecule has 0 unspecified atom stereocenters. The molecule has 0 saturated carbocycles. The van der Waals surface area contributed by atoms with Crippen molar-refractivity contribution in [2.45, 2.75) is 6.54 Å². The van der Waals surface area contributed by atoms with Crippen LogP contribution in [0.2, 0.25) is 0 Å². The number of benzene rings is 2. The number of aromatic hydroxyl groups is 1. The third kappa shape index (κ3) is 2.85. The SMILES string of the molecule is Oc1cc(-c2cccnc2)cc2c1OCCN(c1nc3ccccc3o1)C2. The minimum Gasteiger partial charge on any atom is -0.504 e. The van der Waals surface area contributed by atoms with Crippen LogP contribution in [0.5, 0.6) is 11.5 Å². The molecule has 2 aromatic carbocycles. The summed E-state index contributed by atoms with van der Waals surface area (Å²) in [6.45, 7) is 1.58. The minimum absolute atomic E-state index is 0.130. The average Bonchev–Trinajstić information content (AvgIpc) is 3.01. The molecule has 0 saturated heterocycles. The number of rotatable bonds is 2. The molecule has 5 rings (SSSR count). The second-order valence-corrected chi connectivity index (χ2v) is 6.46. The third-order valence-electron chi connectivity index (χ3n) is 4.66. The standard InChI is InChI=1S/C21H17N3O3/c25-18-11-15(14-4-3-7-22-12-14)10-16-13-24(8-9-26-20(16)18)21-23-17-5-1-2-6-19(17)27-21/h1-7,10-12,25H,8-9,13H2. The summed E-state index contributed by atoms with van der Waals surface area (Å²) in [6, 6.07) is 15.8. The predicted molar refractivity (Wildman–Crippen MR) is 102 cm³/mol. The fraction of sp³-hybridized carbons (Fsp3) is 0.143.